The maximum Gasteiger partial charge on any atom is 0.246 e. The number of hydrogen-bond acceptors (Lipinski definition) is 7. The van der Waals surface area contributed by atoms with E-state index in [4.69, 9.17) is 9.47 Å². The van der Waals surface area contributed by atoms with E-state index in [1.165, 1.54) is 5.56 Å². The number of amides is 1. The van der Waals surface area contributed by atoms with Crippen LogP contribution in [0.15, 0.2) is 54.6 Å². The lowest BCUT2D eigenvalue weighted by Crippen LogP contribution is -2.48. The number of rotatable bonds is 5. The minimum Gasteiger partial charge on any atom is -0.454 e. The Labute approximate surface area is 198 Å². The number of carbonyl (C=O) groups excluding carboxylic acids is 1. The first-order valence-corrected chi connectivity index (χ1v) is 11.3. The van der Waals surface area contributed by atoms with E-state index in [-0.39, 0.29) is 12.7 Å². The molecule has 2 aromatic carbocycles. The summed E-state index contributed by atoms with van der Waals surface area (Å²) in [4.78, 5) is 25.9. The SMILES string of the molecule is Cc1ccc(Nc2cc(N3CCN(C(=O)/C=C/c4ccc5c(c4)OCO5)CC3)nc(C)n2)cc1. The van der Waals surface area contributed by atoms with Crippen LogP contribution in [0.5, 0.6) is 11.5 Å². The largest absolute Gasteiger partial charge is 0.454 e. The highest BCUT2D eigenvalue weighted by atomic mass is 16.7. The Morgan fingerprint density at radius 3 is 2.50 bits per heavy atom. The molecule has 3 aromatic rings. The van der Waals surface area contributed by atoms with Crippen LogP contribution >= 0.6 is 0 Å². The van der Waals surface area contributed by atoms with E-state index in [9.17, 15) is 4.79 Å². The molecule has 0 saturated carbocycles. The van der Waals surface area contributed by atoms with Crippen molar-refractivity contribution in [3.8, 4) is 11.5 Å². The van der Waals surface area contributed by atoms with Gasteiger partial charge in [0.15, 0.2) is 11.5 Å². The number of aryl methyl sites for hydroxylation is 2. The molecule has 1 N–H and O–H groups in total. The Kier molecular flexibility index (Phi) is 6.03. The topological polar surface area (TPSA) is 79.8 Å². The highest BCUT2D eigenvalue weighted by molar-refractivity contribution is 5.92. The number of anilines is 3. The summed E-state index contributed by atoms with van der Waals surface area (Å²) in [6.07, 6.45) is 3.43. The zero-order valence-corrected chi connectivity index (χ0v) is 19.3. The molecule has 2 aliphatic heterocycles. The lowest BCUT2D eigenvalue weighted by Gasteiger charge is -2.35. The molecule has 0 radical (unpaired) electrons. The van der Waals surface area contributed by atoms with Crippen molar-refractivity contribution in [1.29, 1.82) is 0 Å². The van der Waals surface area contributed by atoms with Crippen LogP contribution in [-0.2, 0) is 4.79 Å². The van der Waals surface area contributed by atoms with Crippen molar-refractivity contribution < 1.29 is 14.3 Å². The standard InChI is InChI=1S/C26H27N5O3/c1-18-3-7-21(8-4-18)29-24-16-25(28-19(2)27-24)30-11-13-31(14-12-30)26(32)10-6-20-5-9-22-23(15-20)34-17-33-22/h3-10,15-16H,11-14,17H2,1-2H3,(H,27,28,29)/b10-6+. The van der Waals surface area contributed by atoms with Crippen molar-refractivity contribution >= 4 is 29.3 Å². The first kappa shape index (κ1) is 21.8. The molecule has 2 aliphatic rings. The molecule has 8 nitrogen and oxygen atoms in total. The number of ether oxygens (including phenoxy) is 2. The second-order valence-electron chi connectivity index (χ2n) is 8.41. The monoisotopic (exact) mass is 457 g/mol. The van der Waals surface area contributed by atoms with Gasteiger partial charge in [0.25, 0.3) is 0 Å². The van der Waals surface area contributed by atoms with Gasteiger partial charge in [-0.2, -0.15) is 0 Å². The molecule has 5 rings (SSSR count). The molecule has 174 valence electrons. The first-order chi connectivity index (χ1) is 16.5. The van der Waals surface area contributed by atoms with Gasteiger partial charge in [-0.15, -0.1) is 0 Å². The second kappa shape index (κ2) is 9.43. The number of hydrogen-bond donors (Lipinski definition) is 1. The van der Waals surface area contributed by atoms with E-state index in [2.05, 4.69) is 39.2 Å². The predicted molar refractivity (Wildman–Crippen MR) is 132 cm³/mol. The van der Waals surface area contributed by atoms with Gasteiger partial charge in [-0.3, -0.25) is 4.79 Å². The quantitative estimate of drug-likeness (QED) is 0.582. The Balaban J connectivity index is 1.19. The van der Waals surface area contributed by atoms with Crippen LogP contribution in [0.2, 0.25) is 0 Å². The van der Waals surface area contributed by atoms with Crippen LogP contribution in [-0.4, -0.2) is 53.7 Å². The second-order valence-corrected chi connectivity index (χ2v) is 8.41. The van der Waals surface area contributed by atoms with Gasteiger partial charge in [-0.25, -0.2) is 9.97 Å². The summed E-state index contributed by atoms with van der Waals surface area (Å²) in [6.45, 7) is 6.89. The Morgan fingerprint density at radius 2 is 1.71 bits per heavy atom. The molecule has 8 heteroatoms. The zero-order chi connectivity index (χ0) is 23.5. The maximum absolute atomic E-state index is 12.7. The normalized spacial score (nSPS) is 15.1. The number of aromatic nitrogens is 2. The van der Waals surface area contributed by atoms with E-state index in [0.717, 1.165) is 28.6 Å². The van der Waals surface area contributed by atoms with Gasteiger partial charge in [0.2, 0.25) is 12.7 Å². The average Bonchev–Trinajstić information content (AvgIpc) is 3.32. The van der Waals surface area contributed by atoms with Crippen LogP contribution in [0.4, 0.5) is 17.3 Å². The van der Waals surface area contributed by atoms with Crippen LogP contribution in [0, 0.1) is 13.8 Å². The van der Waals surface area contributed by atoms with Crippen molar-refractivity contribution in [3.63, 3.8) is 0 Å². The summed E-state index contributed by atoms with van der Waals surface area (Å²) in [5.41, 5.74) is 3.10. The highest BCUT2D eigenvalue weighted by Gasteiger charge is 2.21. The molecular formula is C26H27N5O3. The number of fused-ring (bicyclic) bond motifs is 1. The summed E-state index contributed by atoms with van der Waals surface area (Å²) in [7, 11) is 0. The van der Waals surface area contributed by atoms with Gasteiger partial charge >= 0.3 is 0 Å². The number of piperazine rings is 1. The average molecular weight is 458 g/mol. The van der Waals surface area contributed by atoms with E-state index in [1.807, 2.05) is 54.3 Å². The maximum atomic E-state index is 12.7. The molecule has 0 atom stereocenters. The number of benzene rings is 2. The van der Waals surface area contributed by atoms with Crippen molar-refractivity contribution in [2.45, 2.75) is 13.8 Å². The summed E-state index contributed by atoms with van der Waals surface area (Å²) < 4.78 is 10.7. The van der Waals surface area contributed by atoms with Gasteiger partial charge in [-0.1, -0.05) is 23.8 Å². The lowest BCUT2D eigenvalue weighted by molar-refractivity contribution is -0.126. The minimum absolute atomic E-state index is 0.00193. The van der Waals surface area contributed by atoms with Crippen molar-refractivity contribution in [2.75, 3.05) is 43.2 Å². The van der Waals surface area contributed by atoms with E-state index in [1.54, 1.807) is 6.08 Å². The summed E-state index contributed by atoms with van der Waals surface area (Å²) in [6, 6.07) is 15.8. The molecule has 0 unspecified atom stereocenters. The fourth-order valence-corrected chi connectivity index (χ4v) is 4.01. The van der Waals surface area contributed by atoms with Gasteiger partial charge in [0, 0.05) is 44.0 Å². The molecule has 1 aromatic heterocycles. The van der Waals surface area contributed by atoms with Gasteiger partial charge in [0.1, 0.15) is 17.5 Å². The van der Waals surface area contributed by atoms with Crippen LogP contribution < -0.4 is 19.7 Å². The number of nitrogens with zero attached hydrogens (tertiary/aromatic N) is 4. The third-order valence-electron chi connectivity index (χ3n) is 5.88. The summed E-state index contributed by atoms with van der Waals surface area (Å²) in [5, 5.41) is 3.36. The molecule has 1 saturated heterocycles. The molecule has 0 aliphatic carbocycles. The van der Waals surface area contributed by atoms with Gasteiger partial charge < -0.3 is 24.6 Å². The Bertz CT molecular complexity index is 1220. The minimum atomic E-state index is -0.00193. The van der Waals surface area contributed by atoms with E-state index >= 15 is 0 Å². The van der Waals surface area contributed by atoms with E-state index < -0.39 is 0 Å². The summed E-state index contributed by atoms with van der Waals surface area (Å²) >= 11 is 0. The van der Waals surface area contributed by atoms with Crippen LogP contribution in [0.25, 0.3) is 6.08 Å². The zero-order valence-electron chi connectivity index (χ0n) is 19.3. The van der Waals surface area contributed by atoms with Crippen LogP contribution in [0.3, 0.4) is 0 Å². The molecule has 0 bridgehead atoms. The van der Waals surface area contributed by atoms with Gasteiger partial charge in [-0.05, 0) is 49.8 Å². The molecule has 0 spiro atoms. The third kappa shape index (κ3) is 4.96. The molecule has 3 heterocycles. The smallest absolute Gasteiger partial charge is 0.246 e. The summed E-state index contributed by atoms with van der Waals surface area (Å²) in [5.74, 6) is 3.77. The Hall–Kier alpha value is -4.07. The van der Waals surface area contributed by atoms with Crippen molar-refractivity contribution in [1.82, 2.24) is 14.9 Å². The highest BCUT2D eigenvalue weighted by Crippen LogP contribution is 2.32. The van der Waals surface area contributed by atoms with Gasteiger partial charge in [0.05, 0.1) is 0 Å². The molecule has 34 heavy (non-hydrogen) atoms. The molecule has 1 fully saturated rings. The van der Waals surface area contributed by atoms with Crippen molar-refractivity contribution in [3.05, 3.63) is 71.6 Å². The van der Waals surface area contributed by atoms with E-state index in [0.29, 0.717) is 37.8 Å². The predicted octanol–water partition coefficient (Wildman–Crippen LogP) is 3.93. The first-order valence-electron chi connectivity index (χ1n) is 11.3. The number of nitrogens with one attached hydrogen (secondary N) is 1. The molecular weight excluding hydrogens is 430 g/mol. The fraction of sp³-hybridized carbons (Fsp3) is 0.269. The van der Waals surface area contributed by atoms with Crippen molar-refractivity contribution in [2.24, 2.45) is 0 Å². The Morgan fingerprint density at radius 1 is 0.941 bits per heavy atom. The lowest BCUT2D eigenvalue weighted by atomic mass is 10.2. The van der Waals surface area contributed by atoms with Crippen LogP contribution in [0.1, 0.15) is 17.0 Å². The fourth-order valence-electron chi connectivity index (χ4n) is 4.01. The number of carbonyl (C=O) groups is 1. The third-order valence-corrected chi connectivity index (χ3v) is 5.88. The molecule has 1 amide bonds.